The molecular formula is C45H48BrClN6O5. The molecule has 0 aliphatic carbocycles. The summed E-state index contributed by atoms with van der Waals surface area (Å²) in [4.78, 5) is 23.1. The van der Waals surface area contributed by atoms with Gasteiger partial charge in [0.2, 0.25) is 0 Å². The van der Waals surface area contributed by atoms with Crippen molar-refractivity contribution >= 4 is 56.0 Å². The third-order valence-corrected chi connectivity index (χ3v) is 10.6. The van der Waals surface area contributed by atoms with Crippen LogP contribution in [0, 0.1) is 0 Å². The van der Waals surface area contributed by atoms with Crippen LogP contribution in [-0.2, 0) is 36.7 Å². The van der Waals surface area contributed by atoms with Gasteiger partial charge in [0.1, 0.15) is 29.5 Å². The third-order valence-electron chi connectivity index (χ3n) is 10.0. The predicted molar refractivity (Wildman–Crippen MR) is 235 cm³/mol. The van der Waals surface area contributed by atoms with Gasteiger partial charge in [0.05, 0.1) is 49.5 Å². The van der Waals surface area contributed by atoms with E-state index >= 15 is 0 Å². The van der Waals surface area contributed by atoms with Crippen molar-refractivity contribution in [2.24, 2.45) is 7.05 Å². The average Bonchev–Trinajstić information content (AvgIpc) is 3.74. The summed E-state index contributed by atoms with van der Waals surface area (Å²) in [6, 6.07) is 28.2. The molecular weight excluding hydrogens is 820 g/mol. The Bertz CT molecular complexity index is 2480. The number of para-hydroxylation sites is 2. The smallest absolute Gasteiger partial charge is 0.355 e. The van der Waals surface area contributed by atoms with Crippen molar-refractivity contribution in [3.05, 3.63) is 120 Å². The van der Waals surface area contributed by atoms with Crippen LogP contribution < -0.4 is 19.5 Å². The number of alkyl halides is 1. The molecule has 0 aliphatic rings. The van der Waals surface area contributed by atoms with Crippen molar-refractivity contribution in [3.8, 4) is 39.8 Å². The number of halogens is 2. The zero-order valence-electron chi connectivity index (χ0n) is 33.2. The standard InChI is InChI=1S/C45H47BrN6O5.ClH/c1-5-55-45(53)43-34(20-12-25-56-40-22-10-15-30-14-6-7-16-32(30)40)33-18-11-19-36(42(33)52(43)24-13-23-47-2)41-37(50-51(3)38(41)26-46)29-57-31-27-48-44(49-28-31)35-17-8-9-21-39(35)54-4;/h6-11,14-19,21-22,27-28,47H,5,12-13,20,23-26,29H2,1-4H3;1H. The van der Waals surface area contributed by atoms with E-state index in [-0.39, 0.29) is 31.6 Å². The first kappa shape index (κ1) is 42.2. The molecule has 0 amide bonds. The van der Waals surface area contributed by atoms with Crippen molar-refractivity contribution in [1.82, 2.24) is 29.6 Å². The highest BCUT2D eigenvalue weighted by molar-refractivity contribution is 9.08. The van der Waals surface area contributed by atoms with Crippen LogP contribution in [0.3, 0.4) is 0 Å². The van der Waals surface area contributed by atoms with E-state index in [4.69, 9.17) is 24.0 Å². The number of methoxy groups -OCH3 is 1. The fourth-order valence-corrected chi connectivity index (χ4v) is 8.10. The number of hydrogen-bond acceptors (Lipinski definition) is 9. The second-order valence-electron chi connectivity index (χ2n) is 13.5. The quantitative estimate of drug-likeness (QED) is 0.0512. The minimum absolute atomic E-state index is 0. The Morgan fingerprint density at radius 2 is 1.57 bits per heavy atom. The molecule has 0 spiro atoms. The molecule has 3 heterocycles. The summed E-state index contributed by atoms with van der Waals surface area (Å²) >= 11 is 3.75. The number of aryl methyl sites for hydroxylation is 3. The summed E-state index contributed by atoms with van der Waals surface area (Å²) in [5.41, 5.74) is 6.92. The maximum Gasteiger partial charge on any atom is 0.355 e. The van der Waals surface area contributed by atoms with Crippen LogP contribution in [0.1, 0.15) is 47.2 Å². The van der Waals surface area contributed by atoms with E-state index in [9.17, 15) is 4.79 Å². The molecule has 0 atom stereocenters. The second-order valence-corrected chi connectivity index (χ2v) is 14.1. The molecule has 0 unspecified atom stereocenters. The minimum atomic E-state index is -0.332. The molecule has 0 bridgehead atoms. The van der Waals surface area contributed by atoms with Crippen molar-refractivity contribution in [2.75, 3.05) is 33.9 Å². The van der Waals surface area contributed by atoms with E-state index in [1.165, 1.54) is 0 Å². The zero-order valence-corrected chi connectivity index (χ0v) is 35.6. The van der Waals surface area contributed by atoms with E-state index < -0.39 is 0 Å². The number of esters is 1. The van der Waals surface area contributed by atoms with Crippen LogP contribution in [0.4, 0.5) is 0 Å². The normalized spacial score (nSPS) is 11.1. The van der Waals surface area contributed by atoms with Crippen molar-refractivity contribution in [2.45, 2.75) is 44.7 Å². The maximum atomic E-state index is 14.0. The van der Waals surface area contributed by atoms with Gasteiger partial charge in [-0.2, -0.15) is 5.10 Å². The Morgan fingerprint density at radius 3 is 2.34 bits per heavy atom. The maximum absolute atomic E-state index is 14.0. The highest BCUT2D eigenvalue weighted by atomic mass is 79.9. The fraction of sp³-hybridized carbons (Fsp3) is 0.289. The summed E-state index contributed by atoms with van der Waals surface area (Å²) in [6.07, 6.45) is 5.46. The third kappa shape index (κ3) is 8.84. The summed E-state index contributed by atoms with van der Waals surface area (Å²) in [5, 5.41) is 12.0. The minimum Gasteiger partial charge on any atom is -0.496 e. The van der Waals surface area contributed by atoms with Crippen LogP contribution in [0.15, 0.2) is 97.3 Å². The van der Waals surface area contributed by atoms with Crippen LogP contribution in [-0.4, -0.2) is 64.2 Å². The molecule has 7 rings (SSSR count). The van der Waals surface area contributed by atoms with Gasteiger partial charge >= 0.3 is 5.97 Å². The molecule has 302 valence electrons. The van der Waals surface area contributed by atoms with Crippen molar-refractivity contribution < 1.29 is 23.7 Å². The molecule has 0 fully saturated rings. The monoisotopic (exact) mass is 866 g/mol. The number of ether oxygens (including phenoxy) is 4. The molecule has 3 aromatic heterocycles. The molecule has 0 saturated heterocycles. The van der Waals surface area contributed by atoms with E-state index in [0.29, 0.717) is 54.3 Å². The van der Waals surface area contributed by atoms with E-state index in [0.717, 1.165) is 74.0 Å². The lowest BCUT2D eigenvalue weighted by atomic mass is 9.98. The van der Waals surface area contributed by atoms with Gasteiger partial charge in [-0.3, -0.25) is 4.68 Å². The number of carbonyl (C=O) groups excluding carboxylic acids is 1. The lowest BCUT2D eigenvalue weighted by Gasteiger charge is -2.14. The Morgan fingerprint density at radius 1 is 0.862 bits per heavy atom. The molecule has 58 heavy (non-hydrogen) atoms. The first-order chi connectivity index (χ1) is 28.0. The van der Waals surface area contributed by atoms with Gasteiger partial charge < -0.3 is 28.8 Å². The topological polar surface area (TPSA) is 115 Å². The lowest BCUT2D eigenvalue weighted by molar-refractivity contribution is 0.0512. The van der Waals surface area contributed by atoms with Gasteiger partial charge in [0, 0.05) is 40.8 Å². The molecule has 1 N–H and O–H groups in total. The number of hydrogen-bond donors (Lipinski definition) is 1. The SMILES string of the molecule is CCOC(=O)c1c(CCCOc2cccc3ccccc23)c2cccc(-c3c(COc4cnc(-c5ccccc5OC)nc4)nn(C)c3CBr)c2n1CCCNC.Cl. The largest absolute Gasteiger partial charge is 0.496 e. The van der Waals surface area contributed by atoms with Gasteiger partial charge in [-0.15, -0.1) is 12.4 Å². The van der Waals surface area contributed by atoms with Gasteiger partial charge in [-0.05, 0) is 68.9 Å². The fourth-order valence-electron chi connectivity index (χ4n) is 7.45. The number of fused-ring (bicyclic) bond motifs is 2. The van der Waals surface area contributed by atoms with Crippen LogP contribution in [0.5, 0.6) is 17.2 Å². The van der Waals surface area contributed by atoms with Crippen LogP contribution >= 0.6 is 28.3 Å². The summed E-state index contributed by atoms with van der Waals surface area (Å²) < 4.78 is 28.0. The molecule has 13 heteroatoms. The number of carbonyl (C=O) groups is 1. The first-order valence-corrected chi connectivity index (χ1v) is 20.3. The molecule has 0 aliphatic heterocycles. The molecule has 0 radical (unpaired) electrons. The van der Waals surface area contributed by atoms with Crippen LogP contribution in [0.2, 0.25) is 0 Å². The Kier molecular flexibility index (Phi) is 14.4. The predicted octanol–water partition coefficient (Wildman–Crippen LogP) is 9.35. The summed E-state index contributed by atoms with van der Waals surface area (Å²) in [7, 11) is 5.50. The van der Waals surface area contributed by atoms with E-state index in [1.54, 1.807) is 19.5 Å². The number of nitrogens with zero attached hydrogens (tertiary/aromatic N) is 5. The van der Waals surface area contributed by atoms with Gasteiger partial charge in [0.25, 0.3) is 0 Å². The van der Waals surface area contributed by atoms with Crippen LogP contribution in [0.25, 0.3) is 44.2 Å². The summed E-state index contributed by atoms with van der Waals surface area (Å²) in [6.45, 7) is 4.18. The Balaban J connectivity index is 0.00000567. The Hall–Kier alpha value is -5.43. The average molecular weight is 868 g/mol. The van der Waals surface area contributed by atoms with Crippen molar-refractivity contribution in [1.29, 1.82) is 0 Å². The van der Waals surface area contributed by atoms with E-state index in [2.05, 4.69) is 72.2 Å². The zero-order chi connectivity index (χ0) is 39.7. The number of nitrogens with one attached hydrogen (secondary N) is 1. The lowest BCUT2D eigenvalue weighted by Crippen LogP contribution is -2.17. The van der Waals surface area contributed by atoms with E-state index in [1.807, 2.05) is 74.2 Å². The molecule has 4 aromatic carbocycles. The van der Waals surface area contributed by atoms with Gasteiger partial charge in [-0.25, -0.2) is 14.8 Å². The van der Waals surface area contributed by atoms with Crippen molar-refractivity contribution in [3.63, 3.8) is 0 Å². The molecule has 11 nitrogen and oxygen atoms in total. The highest BCUT2D eigenvalue weighted by Gasteiger charge is 2.28. The molecule has 7 aromatic rings. The number of benzene rings is 4. The molecule has 0 saturated carbocycles. The second kappa shape index (κ2) is 19.8. The summed E-state index contributed by atoms with van der Waals surface area (Å²) in [5.74, 6) is 2.26. The first-order valence-electron chi connectivity index (χ1n) is 19.2. The van der Waals surface area contributed by atoms with Gasteiger partial charge in [0.15, 0.2) is 11.6 Å². The highest BCUT2D eigenvalue weighted by Crippen LogP contribution is 2.40. The van der Waals surface area contributed by atoms with Gasteiger partial charge in [-0.1, -0.05) is 82.7 Å². The Labute approximate surface area is 353 Å². The number of rotatable bonds is 18. The number of aromatic nitrogens is 5.